The monoisotopic (exact) mass is 198 g/mol. The molecule has 2 heteroatoms. The van der Waals surface area contributed by atoms with E-state index in [-0.39, 0.29) is 0 Å². The Morgan fingerprint density at radius 3 is 3.00 bits per heavy atom. The van der Waals surface area contributed by atoms with Crippen molar-refractivity contribution in [3.63, 3.8) is 0 Å². The zero-order valence-electron chi connectivity index (χ0n) is 8.68. The standard InChI is InChI=1S/C11H19OP/c1-10(2)8-13(12)7-5-4-6-11(3)9-13/h6H,1,4-5,7-9H2,2-3H3. The van der Waals surface area contributed by atoms with Crippen LogP contribution in [0.2, 0.25) is 0 Å². The molecule has 0 N–H and O–H groups in total. The van der Waals surface area contributed by atoms with E-state index < -0.39 is 7.14 Å². The van der Waals surface area contributed by atoms with Crippen molar-refractivity contribution in [1.82, 2.24) is 0 Å². The molecule has 13 heavy (non-hydrogen) atoms. The third kappa shape index (κ3) is 3.52. The van der Waals surface area contributed by atoms with Gasteiger partial charge < -0.3 is 4.57 Å². The highest BCUT2D eigenvalue weighted by Gasteiger charge is 2.23. The second-order valence-corrected chi connectivity index (χ2v) is 7.44. The fraction of sp³-hybridized carbons (Fsp3) is 0.636. The van der Waals surface area contributed by atoms with Crippen molar-refractivity contribution in [2.24, 2.45) is 0 Å². The summed E-state index contributed by atoms with van der Waals surface area (Å²) in [5.41, 5.74) is 2.38. The molecule has 0 spiro atoms. The summed E-state index contributed by atoms with van der Waals surface area (Å²) in [7, 11) is -1.94. The third-order valence-corrected chi connectivity index (χ3v) is 5.68. The highest BCUT2D eigenvalue weighted by atomic mass is 31.2. The van der Waals surface area contributed by atoms with Gasteiger partial charge in [-0.3, -0.25) is 0 Å². The Balaban J connectivity index is 2.72. The second kappa shape index (κ2) is 4.28. The molecule has 1 heterocycles. The Hall–Kier alpha value is -0.290. The maximum Gasteiger partial charge on any atom is 0.0954 e. The van der Waals surface area contributed by atoms with E-state index in [1.54, 1.807) is 0 Å². The smallest absolute Gasteiger partial charge is 0.0954 e. The van der Waals surface area contributed by atoms with Crippen molar-refractivity contribution >= 4 is 7.14 Å². The van der Waals surface area contributed by atoms with Crippen LogP contribution in [0, 0.1) is 0 Å². The molecule has 1 aliphatic rings. The van der Waals surface area contributed by atoms with Gasteiger partial charge in [-0.2, -0.15) is 0 Å². The number of hydrogen-bond donors (Lipinski definition) is 0. The van der Waals surface area contributed by atoms with E-state index in [0.717, 1.165) is 36.9 Å². The predicted molar refractivity (Wildman–Crippen MR) is 60.0 cm³/mol. The van der Waals surface area contributed by atoms with Crippen molar-refractivity contribution in [3.8, 4) is 0 Å². The van der Waals surface area contributed by atoms with Crippen molar-refractivity contribution in [1.29, 1.82) is 0 Å². The molecule has 74 valence electrons. The van der Waals surface area contributed by atoms with Gasteiger partial charge in [0.15, 0.2) is 0 Å². The van der Waals surface area contributed by atoms with Crippen LogP contribution in [-0.2, 0) is 4.57 Å². The minimum Gasteiger partial charge on any atom is -0.323 e. The van der Waals surface area contributed by atoms with E-state index in [1.807, 2.05) is 6.92 Å². The van der Waals surface area contributed by atoms with Crippen LogP contribution in [0.4, 0.5) is 0 Å². The van der Waals surface area contributed by atoms with Gasteiger partial charge >= 0.3 is 0 Å². The van der Waals surface area contributed by atoms with Gasteiger partial charge in [-0.15, -0.1) is 0 Å². The maximum absolute atomic E-state index is 12.4. The van der Waals surface area contributed by atoms with Crippen LogP contribution in [-0.4, -0.2) is 18.5 Å². The lowest BCUT2D eigenvalue weighted by molar-refractivity contribution is 0.576. The molecule has 0 saturated heterocycles. The summed E-state index contributed by atoms with van der Waals surface area (Å²) < 4.78 is 12.4. The molecular formula is C11H19OP. The van der Waals surface area contributed by atoms with E-state index in [2.05, 4.69) is 19.6 Å². The summed E-state index contributed by atoms with van der Waals surface area (Å²) >= 11 is 0. The minimum atomic E-state index is -1.94. The molecule has 0 fully saturated rings. The molecule has 1 atom stereocenters. The molecule has 0 radical (unpaired) electrons. The van der Waals surface area contributed by atoms with Gasteiger partial charge in [0.25, 0.3) is 0 Å². The van der Waals surface area contributed by atoms with Gasteiger partial charge in [0.2, 0.25) is 0 Å². The second-order valence-electron chi connectivity index (χ2n) is 4.25. The molecular weight excluding hydrogens is 179 g/mol. The largest absolute Gasteiger partial charge is 0.323 e. The highest BCUT2D eigenvalue weighted by Crippen LogP contribution is 2.50. The van der Waals surface area contributed by atoms with Crippen molar-refractivity contribution in [2.75, 3.05) is 18.5 Å². The summed E-state index contributed by atoms with van der Waals surface area (Å²) in [5.74, 6) is 0. The van der Waals surface area contributed by atoms with E-state index in [4.69, 9.17) is 0 Å². The maximum atomic E-state index is 12.4. The highest BCUT2D eigenvalue weighted by molar-refractivity contribution is 7.64. The normalized spacial score (nSPS) is 29.2. The first-order chi connectivity index (χ1) is 6.02. The van der Waals surface area contributed by atoms with E-state index in [1.165, 1.54) is 5.57 Å². The van der Waals surface area contributed by atoms with Crippen LogP contribution in [0.1, 0.15) is 26.7 Å². The van der Waals surface area contributed by atoms with Crippen LogP contribution in [0.5, 0.6) is 0 Å². The Labute approximate surface area is 81.3 Å². The fourth-order valence-corrected chi connectivity index (χ4v) is 5.16. The predicted octanol–water partition coefficient (Wildman–Crippen LogP) is 3.67. The number of rotatable bonds is 2. The van der Waals surface area contributed by atoms with E-state index in [0.29, 0.717) is 0 Å². The Morgan fingerprint density at radius 2 is 2.38 bits per heavy atom. The van der Waals surface area contributed by atoms with Crippen LogP contribution >= 0.6 is 7.14 Å². The molecule has 0 saturated carbocycles. The van der Waals surface area contributed by atoms with Gasteiger partial charge in [-0.05, 0) is 26.7 Å². The van der Waals surface area contributed by atoms with Crippen LogP contribution in [0.15, 0.2) is 23.8 Å². The first-order valence-electron chi connectivity index (χ1n) is 4.89. The van der Waals surface area contributed by atoms with Crippen molar-refractivity contribution < 1.29 is 4.57 Å². The average Bonchev–Trinajstić information content (AvgIpc) is 2.09. The van der Waals surface area contributed by atoms with Gasteiger partial charge in [0.05, 0.1) is 7.14 Å². The Morgan fingerprint density at radius 1 is 1.69 bits per heavy atom. The molecule has 0 amide bonds. The zero-order chi connectivity index (χ0) is 9.90. The molecule has 0 bridgehead atoms. The minimum absolute atomic E-state index is 0.748. The van der Waals surface area contributed by atoms with Crippen LogP contribution in [0.3, 0.4) is 0 Å². The van der Waals surface area contributed by atoms with Crippen molar-refractivity contribution in [3.05, 3.63) is 23.8 Å². The first kappa shape index (κ1) is 10.8. The molecule has 1 aliphatic heterocycles. The number of allylic oxidation sites excluding steroid dienone is 3. The number of hydrogen-bond acceptors (Lipinski definition) is 1. The van der Waals surface area contributed by atoms with Crippen LogP contribution < -0.4 is 0 Å². The summed E-state index contributed by atoms with van der Waals surface area (Å²) in [5, 5.41) is 0. The Kier molecular flexibility index (Phi) is 3.55. The van der Waals surface area contributed by atoms with Gasteiger partial charge in [-0.1, -0.05) is 23.8 Å². The quantitative estimate of drug-likeness (QED) is 0.488. The molecule has 1 rings (SSSR count). The average molecular weight is 198 g/mol. The van der Waals surface area contributed by atoms with Crippen molar-refractivity contribution in [2.45, 2.75) is 26.7 Å². The summed E-state index contributed by atoms with van der Waals surface area (Å²) in [4.78, 5) is 0. The lowest BCUT2D eigenvalue weighted by Crippen LogP contribution is -1.99. The summed E-state index contributed by atoms with van der Waals surface area (Å²) in [6.45, 7) is 7.93. The topological polar surface area (TPSA) is 17.1 Å². The lowest BCUT2D eigenvalue weighted by Gasteiger charge is -2.16. The zero-order valence-corrected chi connectivity index (χ0v) is 9.57. The fourth-order valence-electron chi connectivity index (χ4n) is 1.95. The SMILES string of the molecule is C=C(C)CP1(=O)CCCC=C(C)C1. The van der Waals surface area contributed by atoms with E-state index >= 15 is 0 Å². The van der Waals surface area contributed by atoms with Gasteiger partial charge in [0.1, 0.15) is 0 Å². The van der Waals surface area contributed by atoms with E-state index in [9.17, 15) is 4.57 Å². The first-order valence-corrected chi connectivity index (χ1v) is 7.15. The van der Waals surface area contributed by atoms with Crippen LogP contribution in [0.25, 0.3) is 0 Å². The molecule has 0 aromatic carbocycles. The molecule has 0 aromatic rings. The molecule has 1 unspecified atom stereocenters. The Bertz CT molecular complexity index is 276. The van der Waals surface area contributed by atoms with Gasteiger partial charge in [0, 0.05) is 18.5 Å². The molecule has 1 nitrogen and oxygen atoms in total. The molecule has 0 aromatic heterocycles. The van der Waals surface area contributed by atoms with Gasteiger partial charge in [-0.25, -0.2) is 0 Å². The molecule has 0 aliphatic carbocycles. The lowest BCUT2D eigenvalue weighted by atomic mass is 10.2. The summed E-state index contributed by atoms with van der Waals surface area (Å²) in [6, 6.07) is 0. The summed E-state index contributed by atoms with van der Waals surface area (Å²) in [6.07, 6.45) is 6.90. The third-order valence-electron chi connectivity index (χ3n) is 2.36.